The van der Waals surface area contributed by atoms with Gasteiger partial charge in [-0.1, -0.05) is 0 Å². The van der Waals surface area contributed by atoms with E-state index >= 15 is 0 Å². The van der Waals surface area contributed by atoms with Gasteiger partial charge >= 0.3 is 6.03 Å². The van der Waals surface area contributed by atoms with Crippen molar-refractivity contribution in [3.8, 4) is 0 Å². The van der Waals surface area contributed by atoms with Crippen molar-refractivity contribution in [2.75, 3.05) is 11.9 Å². The van der Waals surface area contributed by atoms with Crippen molar-refractivity contribution in [3.05, 3.63) is 34.4 Å². The number of aliphatic hydroxyl groups is 1. The Morgan fingerprint density at radius 2 is 2.00 bits per heavy atom. The minimum Gasteiger partial charge on any atom is -0.391 e. The van der Waals surface area contributed by atoms with Crippen LogP contribution in [0.25, 0.3) is 0 Å². The molecule has 2 rings (SSSR count). The molecule has 112 valence electrons. The fourth-order valence-electron chi connectivity index (χ4n) is 2.17. The van der Waals surface area contributed by atoms with Crippen LogP contribution in [0.4, 0.5) is 16.2 Å². The maximum atomic E-state index is 12.1. The number of benzene rings is 1. The van der Waals surface area contributed by atoms with Crippen LogP contribution >= 0.6 is 0 Å². The van der Waals surface area contributed by atoms with Gasteiger partial charge in [0.1, 0.15) is 6.04 Å². The van der Waals surface area contributed by atoms with Crippen molar-refractivity contribution in [2.24, 2.45) is 5.73 Å². The summed E-state index contributed by atoms with van der Waals surface area (Å²) < 4.78 is 0. The number of hydrogen-bond donors (Lipinski definition) is 3. The Labute approximate surface area is 119 Å². The fraction of sp³-hybridized carbons (Fsp3) is 0.333. The molecule has 0 aromatic heterocycles. The van der Waals surface area contributed by atoms with Crippen LogP contribution in [0.1, 0.15) is 6.42 Å². The number of anilines is 1. The second-order valence-electron chi connectivity index (χ2n) is 4.69. The van der Waals surface area contributed by atoms with Gasteiger partial charge in [0.05, 0.1) is 11.0 Å². The normalized spacial score (nSPS) is 21.1. The van der Waals surface area contributed by atoms with E-state index in [0.29, 0.717) is 5.69 Å². The number of primary amides is 1. The third-order valence-electron chi connectivity index (χ3n) is 3.20. The summed E-state index contributed by atoms with van der Waals surface area (Å²) in [6.07, 6.45) is -0.701. The molecule has 0 bridgehead atoms. The lowest BCUT2D eigenvalue weighted by Crippen LogP contribution is -2.45. The number of hydrogen-bond acceptors (Lipinski definition) is 5. The summed E-state index contributed by atoms with van der Waals surface area (Å²) in [6, 6.07) is 3.80. The molecule has 1 aromatic carbocycles. The quantitative estimate of drug-likeness (QED) is 0.534. The first-order valence-corrected chi connectivity index (χ1v) is 6.18. The molecule has 2 atom stereocenters. The Bertz CT molecular complexity index is 574. The topological polar surface area (TPSA) is 139 Å². The van der Waals surface area contributed by atoms with E-state index in [1.54, 1.807) is 0 Å². The van der Waals surface area contributed by atoms with Gasteiger partial charge in [0.25, 0.3) is 5.69 Å². The van der Waals surface area contributed by atoms with Crippen molar-refractivity contribution in [1.82, 2.24) is 4.90 Å². The van der Waals surface area contributed by atoms with E-state index in [9.17, 15) is 24.8 Å². The number of carbonyl (C=O) groups is 2. The van der Waals surface area contributed by atoms with Gasteiger partial charge in [-0.15, -0.1) is 0 Å². The number of nitro benzene ring substituents is 1. The molecule has 1 aromatic rings. The number of non-ortho nitro benzene ring substituents is 1. The SMILES string of the molecule is NC(=O)C1CC(O)CN1C(=O)Nc1ccc([N+](=O)[O-])cc1. The maximum absolute atomic E-state index is 12.1. The van der Waals surface area contributed by atoms with Gasteiger partial charge in [-0.05, 0) is 12.1 Å². The van der Waals surface area contributed by atoms with Gasteiger partial charge < -0.3 is 21.1 Å². The number of nitrogens with two attached hydrogens (primary N) is 1. The number of rotatable bonds is 3. The highest BCUT2D eigenvalue weighted by atomic mass is 16.6. The van der Waals surface area contributed by atoms with E-state index in [-0.39, 0.29) is 18.7 Å². The Balaban J connectivity index is 2.06. The number of likely N-dealkylation sites (tertiary alicyclic amines) is 1. The van der Waals surface area contributed by atoms with Crippen LogP contribution in [-0.4, -0.2) is 45.6 Å². The lowest BCUT2D eigenvalue weighted by molar-refractivity contribution is -0.384. The standard InChI is InChI=1S/C12H14N4O5/c13-11(18)10-5-9(17)6-15(10)12(19)14-7-1-3-8(4-2-7)16(20)21/h1-4,9-10,17H,5-6H2,(H2,13,18)(H,14,19). The van der Waals surface area contributed by atoms with Crippen LogP contribution in [0.3, 0.4) is 0 Å². The van der Waals surface area contributed by atoms with Gasteiger partial charge in [0.2, 0.25) is 5.91 Å². The summed E-state index contributed by atoms with van der Waals surface area (Å²) >= 11 is 0. The summed E-state index contributed by atoms with van der Waals surface area (Å²) in [5.74, 6) is -0.689. The monoisotopic (exact) mass is 294 g/mol. The number of nitrogens with one attached hydrogen (secondary N) is 1. The van der Waals surface area contributed by atoms with Gasteiger partial charge in [0, 0.05) is 30.8 Å². The molecule has 1 fully saturated rings. The molecule has 3 amide bonds. The number of amides is 3. The van der Waals surface area contributed by atoms with Crippen LogP contribution < -0.4 is 11.1 Å². The summed E-state index contributed by atoms with van der Waals surface area (Å²) in [4.78, 5) is 34.4. The predicted molar refractivity (Wildman–Crippen MR) is 72.4 cm³/mol. The Kier molecular flexibility index (Phi) is 4.03. The molecule has 0 radical (unpaired) electrons. The van der Waals surface area contributed by atoms with Crippen LogP contribution in [0, 0.1) is 10.1 Å². The molecule has 1 aliphatic rings. The first-order chi connectivity index (χ1) is 9.88. The third-order valence-corrected chi connectivity index (χ3v) is 3.20. The molecule has 9 nitrogen and oxygen atoms in total. The summed E-state index contributed by atoms with van der Waals surface area (Å²) in [5, 5.41) is 22.6. The number of β-amino-alcohol motifs (C(OH)–C–C–N with tert-alkyl or cyclic N) is 1. The van der Waals surface area contributed by atoms with Gasteiger partial charge in [-0.2, -0.15) is 0 Å². The Morgan fingerprint density at radius 3 is 2.52 bits per heavy atom. The number of nitro groups is 1. The van der Waals surface area contributed by atoms with E-state index in [2.05, 4.69) is 5.32 Å². The Morgan fingerprint density at radius 1 is 1.38 bits per heavy atom. The summed E-state index contributed by atoms with van der Waals surface area (Å²) in [6.45, 7) is 0.00637. The average molecular weight is 294 g/mol. The van der Waals surface area contributed by atoms with Gasteiger partial charge in [0.15, 0.2) is 0 Å². The molecule has 1 saturated heterocycles. The second kappa shape index (κ2) is 5.75. The van der Waals surface area contributed by atoms with Crippen molar-refractivity contribution < 1.29 is 19.6 Å². The van der Waals surface area contributed by atoms with Crippen LogP contribution in [0.2, 0.25) is 0 Å². The van der Waals surface area contributed by atoms with Gasteiger partial charge in [-0.3, -0.25) is 14.9 Å². The summed E-state index contributed by atoms with van der Waals surface area (Å²) in [5.41, 5.74) is 5.43. The van der Waals surface area contributed by atoms with Crippen molar-refractivity contribution in [1.29, 1.82) is 0 Å². The zero-order valence-electron chi connectivity index (χ0n) is 10.9. The van der Waals surface area contributed by atoms with Crippen molar-refractivity contribution in [2.45, 2.75) is 18.6 Å². The zero-order chi connectivity index (χ0) is 15.6. The highest BCUT2D eigenvalue weighted by Crippen LogP contribution is 2.20. The molecular weight excluding hydrogens is 280 g/mol. The van der Waals surface area contributed by atoms with E-state index in [1.165, 1.54) is 24.3 Å². The van der Waals surface area contributed by atoms with Gasteiger partial charge in [-0.25, -0.2) is 4.79 Å². The molecule has 1 heterocycles. The highest BCUT2D eigenvalue weighted by Gasteiger charge is 2.37. The first kappa shape index (κ1) is 14.7. The fourth-order valence-corrected chi connectivity index (χ4v) is 2.17. The Hall–Kier alpha value is -2.68. The molecule has 0 aliphatic carbocycles. The average Bonchev–Trinajstić information content (AvgIpc) is 2.82. The number of nitrogens with zero attached hydrogens (tertiary/aromatic N) is 2. The lowest BCUT2D eigenvalue weighted by atomic mass is 10.2. The molecule has 2 unspecified atom stereocenters. The summed E-state index contributed by atoms with van der Waals surface area (Å²) in [7, 11) is 0. The zero-order valence-corrected chi connectivity index (χ0v) is 10.9. The van der Waals surface area contributed by atoms with Crippen LogP contribution in [-0.2, 0) is 4.79 Å². The van der Waals surface area contributed by atoms with E-state index in [4.69, 9.17) is 5.73 Å². The third kappa shape index (κ3) is 3.26. The molecule has 4 N–H and O–H groups in total. The molecular formula is C12H14N4O5. The molecule has 0 spiro atoms. The molecule has 1 aliphatic heterocycles. The number of carbonyl (C=O) groups excluding carboxylic acids is 2. The molecule has 21 heavy (non-hydrogen) atoms. The predicted octanol–water partition coefficient (Wildman–Crippen LogP) is 0.0472. The lowest BCUT2D eigenvalue weighted by Gasteiger charge is -2.22. The van der Waals surface area contributed by atoms with E-state index in [0.717, 1.165) is 4.90 Å². The highest BCUT2D eigenvalue weighted by molar-refractivity contribution is 5.94. The first-order valence-electron chi connectivity index (χ1n) is 6.18. The smallest absolute Gasteiger partial charge is 0.322 e. The number of aliphatic hydroxyl groups excluding tert-OH is 1. The van der Waals surface area contributed by atoms with Crippen molar-refractivity contribution in [3.63, 3.8) is 0 Å². The maximum Gasteiger partial charge on any atom is 0.322 e. The van der Waals surface area contributed by atoms with Crippen molar-refractivity contribution >= 4 is 23.3 Å². The van der Waals surface area contributed by atoms with Crippen LogP contribution in [0.5, 0.6) is 0 Å². The minimum atomic E-state index is -0.863. The molecule has 9 heteroatoms. The van der Waals surface area contributed by atoms with Crippen LogP contribution in [0.15, 0.2) is 24.3 Å². The largest absolute Gasteiger partial charge is 0.391 e. The minimum absolute atomic E-state index is 0.00637. The second-order valence-corrected chi connectivity index (χ2v) is 4.69. The van der Waals surface area contributed by atoms with E-state index in [1.807, 2.05) is 0 Å². The van der Waals surface area contributed by atoms with E-state index < -0.39 is 29.0 Å². The number of urea groups is 1. The molecule has 0 saturated carbocycles.